The highest BCUT2D eigenvalue weighted by molar-refractivity contribution is 7.82. The van der Waals surface area contributed by atoms with Crippen molar-refractivity contribution in [2.24, 2.45) is 0 Å². The number of aliphatic carboxylic acids is 1. The number of carboxylic acids is 1. The summed E-state index contributed by atoms with van der Waals surface area (Å²) < 4.78 is -0.789. The van der Waals surface area contributed by atoms with Crippen molar-refractivity contribution >= 4 is 18.6 Å². The molecular formula is C11H22O2S. The Balaban J connectivity index is 3.90. The van der Waals surface area contributed by atoms with Gasteiger partial charge in [-0.25, -0.2) is 0 Å². The smallest absolute Gasteiger partial charge is 0.319 e. The molecule has 0 aromatic rings. The van der Waals surface area contributed by atoms with Crippen LogP contribution in [0.25, 0.3) is 0 Å². The summed E-state index contributed by atoms with van der Waals surface area (Å²) in [5.41, 5.74) is 0. The van der Waals surface area contributed by atoms with E-state index >= 15 is 0 Å². The first kappa shape index (κ1) is 13.8. The summed E-state index contributed by atoms with van der Waals surface area (Å²) in [6, 6.07) is 0. The Morgan fingerprint density at radius 1 is 1.14 bits per heavy atom. The number of carboxylic acid groups (broad SMARTS) is 1. The second kappa shape index (κ2) is 7.16. The predicted octanol–water partition coefficient (Wildman–Crippen LogP) is 3.51. The molecule has 0 aliphatic carbocycles. The third-order valence-electron chi connectivity index (χ3n) is 2.51. The third-order valence-corrected chi connectivity index (χ3v) is 3.14. The molecule has 0 aliphatic rings. The summed E-state index contributed by atoms with van der Waals surface area (Å²) in [7, 11) is 0. The van der Waals surface area contributed by atoms with Crippen LogP contribution in [0.4, 0.5) is 0 Å². The van der Waals surface area contributed by atoms with E-state index in [1.54, 1.807) is 0 Å². The Bertz CT molecular complexity index is 171. The molecule has 1 unspecified atom stereocenters. The van der Waals surface area contributed by atoms with Crippen LogP contribution in [0.1, 0.15) is 58.8 Å². The molecule has 0 spiro atoms. The van der Waals surface area contributed by atoms with E-state index in [4.69, 9.17) is 5.11 Å². The number of rotatable bonds is 8. The Labute approximate surface area is 92.5 Å². The Morgan fingerprint density at radius 3 is 2.21 bits per heavy atom. The maximum Gasteiger partial charge on any atom is 0.319 e. The van der Waals surface area contributed by atoms with Crippen molar-refractivity contribution in [1.82, 2.24) is 0 Å². The number of hydrogen-bond donors (Lipinski definition) is 2. The van der Waals surface area contributed by atoms with Gasteiger partial charge >= 0.3 is 5.97 Å². The first-order chi connectivity index (χ1) is 6.56. The van der Waals surface area contributed by atoms with E-state index < -0.39 is 10.7 Å². The van der Waals surface area contributed by atoms with Crippen LogP contribution in [0.3, 0.4) is 0 Å². The SMILES string of the molecule is CCCCCCC(S)(CCC)C(=O)O. The zero-order chi connectivity index (χ0) is 11.0. The van der Waals surface area contributed by atoms with Gasteiger partial charge in [0.25, 0.3) is 0 Å². The molecule has 1 atom stereocenters. The van der Waals surface area contributed by atoms with Gasteiger partial charge in [-0.05, 0) is 12.8 Å². The van der Waals surface area contributed by atoms with Gasteiger partial charge in [0.15, 0.2) is 0 Å². The number of hydrogen-bond acceptors (Lipinski definition) is 2. The van der Waals surface area contributed by atoms with Crippen molar-refractivity contribution in [3.05, 3.63) is 0 Å². The third kappa shape index (κ3) is 4.89. The van der Waals surface area contributed by atoms with E-state index in [0.29, 0.717) is 12.8 Å². The van der Waals surface area contributed by atoms with Crippen LogP contribution in [0.5, 0.6) is 0 Å². The monoisotopic (exact) mass is 218 g/mol. The van der Waals surface area contributed by atoms with Gasteiger partial charge in [-0.15, -0.1) is 0 Å². The highest BCUT2D eigenvalue weighted by Crippen LogP contribution is 2.28. The minimum Gasteiger partial charge on any atom is -0.480 e. The minimum atomic E-state index is -0.789. The van der Waals surface area contributed by atoms with Crippen molar-refractivity contribution in [3.8, 4) is 0 Å². The fourth-order valence-electron chi connectivity index (χ4n) is 1.60. The van der Waals surface area contributed by atoms with E-state index in [0.717, 1.165) is 19.3 Å². The topological polar surface area (TPSA) is 37.3 Å². The van der Waals surface area contributed by atoms with Gasteiger partial charge in [-0.1, -0.05) is 46.0 Å². The molecule has 0 bridgehead atoms. The molecule has 0 rings (SSSR count). The molecule has 14 heavy (non-hydrogen) atoms. The summed E-state index contributed by atoms with van der Waals surface area (Å²) in [4.78, 5) is 11.0. The molecule has 0 saturated heterocycles. The van der Waals surface area contributed by atoms with Crippen molar-refractivity contribution in [2.75, 3.05) is 0 Å². The van der Waals surface area contributed by atoms with Gasteiger partial charge in [0.1, 0.15) is 4.75 Å². The molecule has 0 aromatic heterocycles. The van der Waals surface area contributed by atoms with E-state index in [9.17, 15) is 4.79 Å². The molecule has 0 fully saturated rings. The fraction of sp³-hybridized carbons (Fsp3) is 0.909. The highest BCUT2D eigenvalue weighted by atomic mass is 32.1. The molecular weight excluding hydrogens is 196 g/mol. The molecule has 1 N–H and O–H groups in total. The van der Waals surface area contributed by atoms with Crippen LogP contribution in [0.2, 0.25) is 0 Å². The maximum atomic E-state index is 11.0. The van der Waals surface area contributed by atoms with Crippen LogP contribution >= 0.6 is 12.6 Å². The molecule has 0 aliphatic heterocycles. The summed E-state index contributed by atoms with van der Waals surface area (Å²) >= 11 is 4.30. The lowest BCUT2D eigenvalue weighted by molar-refractivity contribution is -0.140. The molecule has 3 heteroatoms. The summed E-state index contributed by atoms with van der Waals surface area (Å²) in [5.74, 6) is -0.765. The van der Waals surface area contributed by atoms with Crippen molar-refractivity contribution in [3.63, 3.8) is 0 Å². The van der Waals surface area contributed by atoms with Crippen LogP contribution < -0.4 is 0 Å². The minimum absolute atomic E-state index is 0.664. The summed E-state index contributed by atoms with van der Waals surface area (Å²) in [6.45, 7) is 4.15. The molecule has 0 heterocycles. The van der Waals surface area contributed by atoms with Crippen LogP contribution in [0.15, 0.2) is 0 Å². The van der Waals surface area contributed by atoms with Crippen molar-refractivity contribution in [1.29, 1.82) is 0 Å². The average molecular weight is 218 g/mol. The van der Waals surface area contributed by atoms with Gasteiger partial charge in [-0.3, -0.25) is 4.79 Å². The molecule has 0 saturated carbocycles. The summed E-state index contributed by atoms with van der Waals surface area (Å²) in [6.07, 6.45) is 6.70. The van der Waals surface area contributed by atoms with E-state index in [1.165, 1.54) is 12.8 Å². The molecule has 0 radical (unpaired) electrons. The summed E-state index contributed by atoms with van der Waals surface area (Å²) in [5, 5.41) is 9.04. The van der Waals surface area contributed by atoms with Gasteiger partial charge in [0.05, 0.1) is 0 Å². The van der Waals surface area contributed by atoms with Crippen LogP contribution in [-0.4, -0.2) is 15.8 Å². The highest BCUT2D eigenvalue weighted by Gasteiger charge is 2.32. The molecule has 84 valence electrons. The van der Waals surface area contributed by atoms with Gasteiger partial charge in [-0.2, -0.15) is 12.6 Å². The van der Waals surface area contributed by atoms with Gasteiger partial charge < -0.3 is 5.11 Å². The van der Waals surface area contributed by atoms with Crippen molar-refractivity contribution < 1.29 is 9.90 Å². The first-order valence-corrected chi connectivity index (χ1v) is 5.97. The fourth-order valence-corrected chi connectivity index (χ4v) is 1.98. The number of thiol groups is 1. The van der Waals surface area contributed by atoms with Crippen LogP contribution in [-0.2, 0) is 4.79 Å². The molecule has 0 aromatic carbocycles. The number of carbonyl (C=O) groups is 1. The largest absolute Gasteiger partial charge is 0.480 e. The Kier molecular flexibility index (Phi) is 7.06. The predicted molar refractivity (Wildman–Crippen MR) is 63.0 cm³/mol. The lowest BCUT2D eigenvalue weighted by Gasteiger charge is -2.22. The van der Waals surface area contributed by atoms with E-state index in [1.807, 2.05) is 6.92 Å². The Hall–Kier alpha value is -0.180. The second-order valence-electron chi connectivity index (χ2n) is 3.90. The second-order valence-corrected chi connectivity index (χ2v) is 4.75. The van der Waals surface area contributed by atoms with E-state index in [2.05, 4.69) is 19.6 Å². The zero-order valence-electron chi connectivity index (χ0n) is 9.25. The lowest BCUT2D eigenvalue weighted by Crippen LogP contribution is -2.32. The zero-order valence-corrected chi connectivity index (χ0v) is 10.1. The molecule has 0 amide bonds. The molecule has 2 nitrogen and oxygen atoms in total. The lowest BCUT2D eigenvalue weighted by atomic mass is 9.95. The van der Waals surface area contributed by atoms with Crippen molar-refractivity contribution in [2.45, 2.75) is 63.5 Å². The van der Waals surface area contributed by atoms with Gasteiger partial charge in [0, 0.05) is 0 Å². The average Bonchev–Trinajstić information content (AvgIpc) is 2.13. The quantitative estimate of drug-likeness (QED) is 0.483. The maximum absolute atomic E-state index is 11.0. The van der Waals surface area contributed by atoms with Crippen LogP contribution in [0, 0.1) is 0 Å². The van der Waals surface area contributed by atoms with E-state index in [-0.39, 0.29) is 0 Å². The first-order valence-electron chi connectivity index (χ1n) is 5.52. The van der Waals surface area contributed by atoms with Gasteiger partial charge in [0.2, 0.25) is 0 Å². The normalized spacial score (nSPS) is 15.1. The number of unbranched alkanes of at least 4 members (excludes halogenated alkanes) is 3. The standard InChI is InChI=1S/C11H22O2S/c1-3-5-6-7-9-11(14,8-4-2)10(12)13/h14H,3-9H2,1-2H3,(H,12,13). The Morgan fingerprint density at radius 2 is 1.79 bits per heavy atom.